The summed E-state index contributed by atoms with van der Waals surface area (Å²) < 4.78 is 21.3. The van der Waals surface area contributed by atoms with Gasteiger partial charge >= 0.3 is 17.9 Å². The molecule has 2 aliphatic carbocycles. The molecular formula is C30H30O13. The van der Waals surface area contributed by atoms with Crippen molar-refractivity contribution in [2.45, 2.75) is 61.2 Å². The molecule has 5 unspecified atom stereocenters. The van der Waals surface area contributed by atoms with Crippen LogP contribution in [0.25, 0.3) is 0 Å². The number of hydrogen-bond donors (Lipinski definition) is 4. The molecule has 3 aliphatic rings. The number of rotatable bonds is 10. The first kappa shape index (κ1) is 31.7. The highest BCUT2D eigenvalue weighted by atomic mass is 16.7. The third kappa shape index (κ3) is 8.63. The summed E-state index contributed by atoms with van der Waals surface area (Å²) in [7, 11) is 0. The van der Waals surface area contributed by atoms with Crippen molar-refractivity contribution in [3.63, 3.8) is 0 Å². The number of esters is 3. The molecule has 0 amide bonds. The zero-order valence-corrected chi connectivity index (χ0v) is 22.7. The van der Waals surface area contributed by atoms with Gasteiger partial charge in [0.15, 0.2) is 17.7 Å². The van der Waals surface area contributed by atoms with Gasteiger partial charge in [-0.25, -0.2) is 0 Å². The molecule has 0 spiro atoms. The van der Waals surface area contributed by atoms with Gasteiger partial charge in [-0.1, -0.05) is 30.3 Å². The van der Waals surface area contributed by atoms with Crippen LogP contribution in [0.15, 0.2) is 78.9 Å². The molecule has 13 heteroatoms. The van der Waals surface area contributed by atoms with Gasteiger partial charge in [0.1, 0.15) is 36.1 Å². The Kier molecular flexibility index (Phi) is 9.84. The third-order valence-corrected chi connectivity index (χ3v) is 6.76. The molecule has 228 valence electrons. The van der Waals surface area contributed by atoms with Crippen LogP contribution in [0.3, 0.4) is 0 Å². The number of carbonyl (C=O) groups is 5. The van der Waals surface area contributed by atoms with Gasteiger partial charge in [0.2, 0.25) is 6.29 Å². The quantitative estimate of drug-likeness (QED) is 0.195. The van der Waals surface area contributed by atoms with E-state index in [1.807, 2.05) is 0 Å². The van der Waals surface area contributed by atoms with E-state index in [2.05, 4.69) is 0 Å². The summed E-state index contributed by atoms with van der Waals surface area (Å²) in [4.78, 5) is 60.6. The number of ketones is 2. The molecule has 4 N–H and O–H groups in total. The summed E-state index contributed by atoms with van der Waals surface area (Å²) in [6, 6.07) is 8.66. The molecule has 1 aromatic rings. The second-order valence-corrected chi connectivity index (χ2v) is 10.3. The van der Waals surface area contributed by atoms with E-state index in [0.29, 0.717) is 5.56 Å². The van der Waals surface area contributed by atoms with Crippen LogP contribution in [0.2, 0.25) is 0 Å². The fourth-order valence-electron chi connectivity index (χ4n) is 4.44. The summed E-state index contributed by atoms with van der Waals surface area (Å²) in [5.74, 6) is -3.71. The Labute approximate surface area is 245 Å². The Hall–Kier alpha value is -4.27. The first-order chi connectivity index (χ1) is 20.3. The minimum Gasteiger partial charge on any atom is -0.463 e. The van der Waals surface area contributed by atoms with Crippen molar-refractivity contribution in [2.24, 2.45) is 0 Å². The minimum absolute atomic E-state index is 0.0929. The number of ether oxygens (including phenoxy) is 4. The monoisotopic (exact) mass is 598 g/mol. The van der Waals surface area contributed by atoms with Crippen molar-refractivity contribution in [3.05, 3.63) is 84.5 Å². The van der Waals surface area contributed by atoms with Gasteiger partial charge in [0.25, 0.3) is 0 Å². The maximum absolute atomic E-state index is 12.8. The lowest BCUT2D eigenvalue weighted by Crippen LogP contribution is -2.61. The van der Waals surface area contributed by atoms with Crippen LogP contribution in [0.1, 0.15) is 18.4 Å². The maximum Gasteiger partial charge on any atom is 0.311 e. The molecular weight excluding hydrogens is 568 g/mol. The average Bonchev–Trinajstić information content (AvgIpc) is 2.96. The maximum atomic E-state index is 12.8. The number of carbonyl (C=O) groups excluding carboxylic acids is 5. The second-order valence-electron chi connectivity index (χ2n) is 10.3. The Morgan fingerprint density at radius 3 is 1.79 bits per heavy atom. The second kappa shape index (κ2) is 13.4. The van der Waals surface area contributed by atoms with E-state index in [0.717, 1.165) is 48.6 Å². The zero-order valence-electron chi connectivity index (χ0n) is 22.7. The summed E-state index contributed by atoms with van der Waals surface area (Å²) in [5.41, 5.74) is -3.10. The van der Waals surface area contributed by atoms with Gasteiger partial charge in [-0.2, -0.15) is 0 Å². The fraction of sp³-hybridized carbons (Fsp3) is 0.367. The Morgan fingerprint density at radius 1 is 0.744 bits per heavy atom. The van der Waals surface area contributed by atoms with E-state index in [-0.39, 0.29) is 6.42 Å². The SMILES string of the molecule is O=C1C=CC(O)(CC(=O)OC2OC(COC(=O)Cc3ccccc3)C(O)C(O)C2OC(=O)CC2(O)C=CC(=O)C=C2)C=C1. The number of aliphatic hydroxyl groups excluding tert-OH is 2. The molecule has 0 radical (unpaired) electrons. The van der Waals surface area contributed by atoms with Crippen molar-refractivity contribution in [2.75, 3.05) is 6.61 Å². The molecule has 0 aromatic heterocycles. The molecule has 0 saturated carbocycles. The molecule has 0 bridgehead atoms. The lowest BCUT2D eigenvalue weighted by Gasteiger charge is -2.41. The van der Waals surface area contributed by atoms with E-state index < -0.39 is 90.8 Å². The van der Waals surface area contributed by atoms with Crippen LogP contribution in [0.4, 0.5) is 0 Å². The predicted octanol–water partition coefficient (Wildman–Crippen LogP) is -0.693. The largest absolute Gasteiger partial charge is 0.463 e. The standard InChI is InChI=1S/C30H30O13/c31-19-6-10-29(38,11-7-19)15-23(34)42-27-26(37)25(36)21(17-40-22(33)14-18-4-2-1-3-5-18)41-28(27)43-24(35)16-30(39)12-8-20(32)9-13-30/h1-13,21,25-28,36-39H,14-17H2. The smallest absolute Gasteiger partial charge is 0.311 e. The summed E-state index contributed by atoms with van der Waals surface area (Å²) in [6.45, 7) is -0.570. The zero-order chi connectivity index (χ0) is 31.2. The number of benzene rings is 1. The average molecular weight is 599 g/mol. The van der Waals surface area contributed by atoms with Gasteiger partial charge < -0.3 is 39.4 Å². The highest BCUT2D eigenvalue weighted by Crippen LogP contribution is 2.28. The summed E-state index contributed by atoms with van der Waals surface area (Å²) >= 11 is 0. The van der Waals surface area contributed by atoms with Gasteiger partial charge in [-0.15, -0.1) is 0 Å². The topological polar surface area (TPSA) is 203 Å². The third-order valence-electron chi connectivity index (χ3n) is 6.76. The van der Waals surface area contributed by atoms with Crippen LogP contribution in [0, 0.1) is 0 Å². The minimum atomic E-state index is -1.92. The molecule has 5 atom stereocenters. The van der Waals surface area contributed by atoms with Crippen LogP contribution in [0.5, 0.6) is 0 Å². The number of hydrogen-bond acceptors (Lipinski definition) is 13. The molecule has 4 rings (SSSR count). The van der Waals surface area contributed by atoms with Gasteiger partial charge in [0.05, 0.1) is 19.3 Å². The van der Waals surface area contributed by atoms with E-state index in [1.165, 1.54) is 0 Å². The molecule has 43 heavy (non-hydrogen) atoms. The Bertz CT molecular complexity index is 1330. The summed E-state index contributed by atoms with van der Waals surface area (Å²) in [6.07, 6.45) is -1.79. The molecule has 1 fully saturated rings. The van der Waals surface area contributed by atoms with Crippen LogP contribution < -0.4 is 0 Å². The van der Waals surface area contributed by atoms with Crippen molar-refractivity contribution >= 4 is 29.5 Å². The molecule has 1 aromatic carbocycles. The first-order valence-electron chi connectivity index (χ1n) is 13.2. The fourth-order valence-corrected chi connectivity index (χ4v) is 4.44. The predicted molar refractivity (Wildman–Crippen MR) is 143 cm³/mol. The molecule has 1 heterocycles. The highest BCUT2D eigenvalue weighted by Gasteiger charge is 2.50. The van der Waals surface area contributed by atoms with Crippen molar-refractivity contribution in [3.8, 4) is 0 Å². The first-order valence-corrected chi connectivity index (χ1v) is 13.2. The van der Waals surface area contributed by atoms with Crippen LogP contribution in [-0.2, 0) is 49.3 Å². The van der Waals surface area contributed by atoms with Crippen LogP contribution >= 0.6 is 0 Å². The van der Waals surface area contributed by atoms with E-state index in [4.69, 9.17) is 18.9 Å². The number of aliphatic hydroxyl groups is 4. The lowest BCUT2D eigenvalue weighted by atomic mass is 9.93. The van der Waals surface area contributed by atoms with Crippen LogP contribution in [-0.4, -0.2) is 98.4 Å². The normalized spacial score (nSPS) is 27.0. The summed E-state index contributed by atoms with van der Waals surface area (Å²) in [5, 5.41) is 42.7. The van der Waals surface area contributed by atoms with E-state index in [1.54, 1.807) is 30.3 Å². The Balaban J connectivity index is 1.45. The van der Waals surface area contributed by atoms with E-state index >= 15 is 0 Å². The Morgan fingerprint density at radius 2 is 1.26 bits per heavy atom. The van der Waals surface area contributed by atoms with E-state index in [9.17, 15) is 44.4 Å². The number of allylic oxidation sites excluding steroid dienone is 4. The lowest BCUT2D eigenvalue weighted by molar-refractivity contribution is -0.297. The van der Waals surface area contributed by atoms with Crippen molar-refractivity contribution < 1.29 is 63.3 Å². The van der Waals surface area contributed by atoms with Crippen molar-refractivity contribution in [1.29, 1.82) is 0 Å². The van der Waals surface area contributed by atoms with Gasteiger partial charge in [-0.3, -0.25) is 24.0 Å². The molecule has 13 nitrogen and oxygen atoms in total. The molecule has 1 saturated heterocycles. The highest BCUT2D eigenvalue weighted by molar-refractivity contribution is 6.01. The van der Waals surface area contributed by atoms with Gasteiger partial charge in [-0.05, 0) is 54.2 Å². The van der Waals surface area contributed by atoms with Gasteiger partial charge in [0, 0.05) is 0 Å². The van der Waals surface area contributed by atoms with Crippen molar-refractivity contribution in [1.82, 2.24) is 0 Å². The molecule has 1 aliphatic heterocycles.